The van der Waals surface area contributed by atoms with Crippen LogP contribution in [0.5, 0.6) is 0 Å². The Balaban J connectivity index is 2.04. The van der Waals surface area contributed by atoms with E-state index in [4.69, 9.17) is 0 Å². The molecule has 2 rings (SSSR count). The molecule has 1 spiro atoms. The predicted molar refractivity (Wildman–Crippen MR) is 83.0 cm³/mol. The monoisotopic (exact) mass is 293 g/mol. The third-order valence-electron chi connectivity index (χ3n) is 4.61. The lowest BCUT2D eigenvalue weighted by atomic mass is 9.88. The molecule has 2 fully saturated rings. The van der Waals surface area contributed by atoms with Gasteiger partial charge in [-0.3, -0.25) is 4.79 Å². The minimum atomic E-state index is -0.0574. The van der Waals surface area contributed by atoms with Gasteiger partial charge in [-0.2, -0.15) is 0 Å². The van der Waals surface area contributed by atoms with Crippen LogP contribution in [-0.4, -0.2) is 53.0 Å². The van der Waals surface area contributed by atoms with Gasteiger partial charge in [0.2, 0.25) is 5.91 Å². The summed E-state index contributed by atoms with van der Waals surface area (Å²) in [7, 11) is 0. The topological polar surface area (TPSA) is 52.7 Å². The first-order chi connectivity index (χ1) is 9.98. The van der Waals surface area contributed by atoms with Crippen LogP contribution >= 0.6 is 0 Å². The van der Waals surface area contributed by atoms with Gasteiger partial charge in [-0.05, 0) is 39.5 Å². The van der Waals surface area contributed by atoms with Crippen molar-refractivity contribution in [3.8, 4) is 0 Å². The average Bonchev–Trinajstić information content (AvgIpc) is 2.62. The molecule has 2 heterocycles. The van der Waals surface area contributed by atoms with Crippen molar-refractivity contribution in [1.29, 1.82) is 0 Å². The van der Waals surface area contributed by atoms with Crippen molar-refractivity contribution in [1.82, 2.24) is 15.1 Å². The summed E-state index contributed by atoms with van der Waals surface area (Å²) < 4.78 is 0. The highest BCUT2D eigenvalue weighted by Gasteiger charge is 2.45. The molecule has 0 bridgehead atoms. The van der Waals surface area contributed by atoms with Crippen molar-refractivity contribution in [2.45, 2.75) is 57.5 Å². The molecule has 0 saturated carbocycles. The van der Waals surface area contributed by atoms with E-state index in [9.17, 15) is 9.59 Å². The Morgan fingerprint density at radius 1 is 1.38 bits per heavy atom. The quantitative estimate of drug-likeness (QED) is 0.811. The largest absolute Gasteiger partial charge is 0.336 e. The van der Waals surface area contributed by atoms with Crippen molar-refractivity contribution in [2.24, 2.45) is 0 Å². The van der Waals surface area contributed by atoms with Crippen LogP contribution in [0.2, 0.25) is 0 Å². The van der Waals surface area contributed by atoms with E-state index < -0.39 is 0 Å². The Hall–Kier alpha value is -1.52. The Labute approximate surface area is 127 Å². The molecule has 0 aromatic carbocycles. The molecule has 5 nitrogen and oxygen atoms in total. The molecular formula is C16H27N3O2. The number of likely N-dealkylation sites (tertiary alicyclic amines) is 2. The van der Waals surface area contributed by atoms with Crippen LogP contribution < -0.4 is 5.32 Å². The van der Waals surface area contributed by atoms with Gasteiger partial charge in [-0.1, -0.05) is 6.08 Å². The summed E-state index contributed by atoms with van der Waals surface area (Å²) in [6.45, 7) is 9.83. The van der Waals surface area contributed by atoms with Gasteiger partial charge in [0.1, 0.15) is 0 Å². The molecule has 2 saturated heterocycles. The van der Waals surface area contributed by atoms with Crippen molar-refractivity contribution in [2.75, 3.05) is 19.6 Å². The maximum Gasteiger partial charge on any atom is 0.317 e. The summed E-state index contributed by atoms with van der Waals surface area (Å²) in [6, 6.07) is 0.168. The third kappa shape index (κ3) is 3.39. The Kier molecular flexibility index (Phi) is 4.91. The van der Waals surface area contributed by atoms with Crippen molar-refractivity contribution in [3.63, 3.8) is 0 Å². The molecular weight excluding hydrogens is 266 g/mol. The van der Waals surface area contributed by atoms with Crippen LogP contribution in [0.25, 0.3) is 0 Å². The Morgan fingerprint density at radius 2 is 2.14 bits per heavy atom. The number of hydrogen-bond acceptors (Lipinski definition) is 2. The van der Waals surface area contributed by atoms with Crippen LogP contribution in [0.15, 0.2) is 12.7 Å². The fraction of sp³-hybridized carbons (Fsp3) is 0.750. The number of nitrogens with zero attached hydrogens (tertiary/aromatic N) is 2. The minimum absolute atomic E-state index is 0.0154. The maximum absolute atomic E-state index is 12.2. The third-order valence-corrected chi connectivity index (χ3v) is 4.61. The van der Waals surface area contributed by atoms with Gasteiger partial charge >= 0.3 is 6.03 Å². The second-order valence-corrected chi connectivity index (χ2v) is 6.46. The normalized spacial score (nSPS) is 26.3. The molecule has 0 aromatic heterocycles. The van der Waals surface area contributed by atoms with E-state index in [0.29, 0.717) is 13.0 Å². The van der Waals surface area contributed by atoms with Gasteiger partial charge in [0.25, 0.3) is 0 Å². The van der Waals surface area contributed by atoms with E-state index in [1.165, 1.54) is 0 Å². The average molecular weight is 293 g/mol. The van der Waals surface area contributed by atoms with Gasteiger partial charge in [0.05, 0.1) is 0 Å². The molecule has 2 aliphatic rings. The van der Waals surface area contributed by atoms with E-state index in [1.807, 2.05) is 23.6 Å². The van der Waals surface area contributed by atoms with Gasteiger partial charge in [-0.15, -0.1) is 6.58 Å². The lowest BCUT2D eigenvalue weighted by molar-refractivity contribution is -0.130. The first-order valence-electron chi connectivity index (χ1n) is 7.95. The Bertz CT molecular complexity index is 422. The van der Waals surface area contributed by atoms with Crippen LogP contribution in [0, 0.1) is 0 Å². The van der Waals surface area contributed by atoms with E-state index in [0.717, 1.165) is 38.8 Å². The van der Waals surface area contributed by atoms with Crippen LogP contribution in [0.4, 0.5) is 4.79 Å². The van der Waals surface area contributed by atoms with Crippen LogP contribution in [0.1, 0.15) is 46.0 Å². The number of amides is 3. The van der Waals surface area contributed by atoms with Crippen LogP contribution in [-0.2, 0) is 4.79 Å². The predicted octanol–water partition coefficient (Wildman–Crippen LogP) is 2.14. The number of rotatable bonds is 3. The molecule has 1 N–H and O–H groups in total. The van der Waals surface area contributed by atoms with E-state index in [1.54, 1.807) is 6.08 Å². The summed E-state index contributed by atoms with van der Waals surface area (Å²) in [5.41, 5.74) is -0.0574. The van der Waals surface area contributed by atoms with E-state index in [-0.39, 0.29) is 23.5 Å². The Morgan fingerprint density at radius 3 is 2.81 bits per heavy atom. The fourth-order valence-corrected chi connectivity index (χ4v) is 3.54. The molecule has 3 amide bonds. The zero-order valence-corrected chi connectivity index (χ0v) is 13.2. The number of urea groups is 1. The minimum Gasteiger partial charge on any atom is -0.336 e. The molecule has 21 heavy (non-hydrogen) atoms. The smallest absolute Gasteiger partial charge is 0.317 e. The molecule has 1 atom stereocenters. The SMILES string of the molecule is C=CCN1C(=O)CC[C@]12CCCN(C(=O)NC(C)C)CC2. The lowest BCUT2D eigenvalue weighted by Gasteiger charge is -2.37. The summed E-state index contributed by atoms with van der Waals surface area (Å²) in [5, 5.41) is 2.95. The molecule has 0 aromatic rings. The maximum atomic E-state index is 12.2. The molecule has 118 valence electrons. The highest BCUT2D eigenvalue weighted by molar-refractivity contribution is 5.80. The second kappa shape index (κ2) is 6.50. The highest BCUT2D eigenvalue weighted by atomic mass is 16.2. The zero-order valence-electron chi connectivity index (χ0n) is 13.2. The molecule has 0 aliphatic carbocycles. The number of carbonyl (C=O) groups is 2. The van der Waals surface area contributed by atoms with E-state index in [2.05, 4.69) is 11.9 Å². The van der Waals surface area contributed by atoms with Gasteiger partial charge in [0.15, 0.2) is 0 Å². The summed E-state index contributed by atoms with van der Waals surface area (Å²) in [6.07, 6.45) is 6.16. The standard InChI is InChI=1S/C16H27N3O2/c1-4-10-19-14(20)6-8-16(19)7-5-11-18(12-9-16)15(21)17-13(2)3/h4,13H,1,5-12H2,2-3H3,(H,17,21)/t16-/m0/s1. The summed E-state index contributed by atoms with van der Waals surface area (Å²) >= 11 is 0. The number of nitrogens with one attached hydrogen (secondary N) is 1. The lowest BCUT2D eigenvalue weighted by Crippen LogP contribution is -2.47. The molecule has 5 heteroatoms. The zero-order chi connectivity index (χ0) is 15.5. The second-order valence-electron chi connectivity index (χ2n) is 6.46. The van der Waals surface area contributed by atoms with Gasteiger partial charge in [0, 0.05) is 37.6 Å². The molecule has 0 unspecified atom stereocenters. The van der Waals surface area contributed by atoms with E-state index >= 15 is 0 Å². The molecule has 2 aliphatic heterocycles. The first-order valence-corrected chi connectivity index (χ1v) is 7.95. The first kappa shape index (κ1) is 15.9. The number of hydrogen-bond donors (Lipinski definition) is 1. The van der Waals surface area contributed by atoms with Gasteiger partial charge in [-0.25, -0.2) is 4.79 Å². The highest BCUT2D eigenvalue weighted by Crippen LogP contribution is 2.38. The molecule has 0 radical (unpaired) electrons. The van der Waals surface area contributed by atoms with Crippen molar-refractivity contribution < 1.29 is 9.59 Å². The number of carbonyl (C=O) groups excluding carboxylic acids is 2. The van der Waals surface area contributed by atoms with Gasteiger partial charge < -0.3 is 15.1 Å². The summed E-state index contributed by atoms with van der Waals surface area (Å²) in [4.78, 5) is 28.1. The van der Waals surface area contributed by atoms with Crippen molar-refractivity contribution in [3.05, 3.63) is 12.7 Å². The van der Waals surface area contributed by atoms with Crippen LogP contribution in [0.3, 0.4) is 0 Å². The fourth-order valence-electron chi connectivity index (χ4n) is 3.54. The van der Waals surface area contributed by atoms with Crippen molar-refractivity contribution >= 4 is 11.9 Å². The summed E-state index contributed by atoms with van der Waals surface area (Å²) in [5.74, 6) is 0.231.